The number of carbonyl (C=O) groups is 2. The van der Waals surface area contributed by atoms with E-state index in [1.54, 1.807) is 0 Å². The highest BCUT2D eigenvalue weighted by molar-refractivity contribution is 5.78. The van der Waals surface area contributed by atoms with Crippen molar-refractivity contribution < 1.29 is 14.7 Å². The van der Waals surface area contributed by atoms with E-state index in [4.69, 9.17) is 10.8 Å². The Kier molecular flexibility index (Phi) is 7.54. The molecule has 0 fully saturated rings. The van der Waals surface area contributed by atoms with Crippen LogP contribution in [0.15, 0.2) is 0 Å². The zero-order valence-corrected chi connectivity index (χ0v) is 10.0. The lowest BCUT2D eigenvalue weighted by molar-refractivity contribution is -0.137. The van der Waals surface area contributed by atoms with Gasteiger partial charge in [-0.05, 0) is 18.8 Å². The quantitative estimate of drug-likeness (QED) is 0.532. The maximum absolute atomic E-state index is 11.6. The second-order valence-corrected chi connectivity index (χ2v) is 4.35. The minimum absolute atomic E-state index is 0.0680. The van der Waals surface area contributed by atoms with Crippen LogP contribution in [-0.2, 0) is 9.59 Å². The summed E-state index contributed by atoms with van der Waals surface area (Å²) in [5.41, 5.74) is 5.52. The first-order chi connectivity index (χ1) is 7.47. The molecule has 94 valence electrons. The Labute approximate surface area is 96.4 Å². The molecule has 0 aromatic heterocycles. The fraction of sp³-hybridized carbons (Fsp3) is 0.818. The first-order valence-corrected chi connectivity index (χ1v) is 5.67. The van der Waals surface area contributed by atoms with E-state index >= 15 is 0 Å². The number of nitrogens with two attached hydrogens (primary N) is 1. The molecule has 0 spiro atoms. The van der Waals surface area contributed by atoms with Crippen LogP contribution in [0.4, 0.5) is 0 Å². The van der Waals surface area contributed by atoms with Crippen LogP contribution in [-0.4, -0.2) is 30.1 Å². The molecule has 4 N–H and O–H groups in total. The summed E-state index contributed by atoms with van der Waals surface area (Å²) in [5.74, 6) is -0.642. The third-order valence-corrected chi connectivity index (χ3v) is 2.28. The summed E-state index contributed by atoms with van der Waals surface area (Å²) >= 11 is 0. The average molecular weight is 230 g/mol. The van der Waals surface area contributed by atoms with Crippen LogP contribution >= 0.6 is 0 Å². The molecule has 0 bridgehead atoms. The van der Waals surface area contributed by atoms with E-state index in [-0.39, 0.29) is 18.2 Å². The zero-order valence-electron chi connectivity index (χ0n) is 10.0. The van der Waals surface area contributed by atoms with Crippen molar-refractivity contribution in [1.29, 1.82) is 0 Å². The van der Waals surface area contributed by atoms with Crippen LogP contribution in [0, 0.1) is 11.8 Å². The van der Waals surface area contributed by atoms with Gasteiger partial charge in [0.2, 0.25) is 5.91 Å². The molecule has 1 amide bonds. The number of carboxylic acids is 1. The number of amides is 1. The van der Waals surface area contributed by atoms with Crippen molar-refractivity contribution in [3.05, 3.63) is 0 Å². The van der Waals surface area contributed by atoms with Crippen LogP contribution in [0.1, 0.15) is 33.1 Å². The lowest BCUT2D eigenvalue weighted by atomic mass is 9.96. The third kappa shape index (κ3) is 7.23. The minimum atomic E-state index is -0.841. The Morgan fingerprint density at radius 2 is 2.00 bits per heavy atom. The molecule has 0 rings (SSSR count). The lowest BCUT2D eigenvalue weighted by Crippen LogP contribution is -2.36. The highest BCUT2D eigenvalue weighted by Crippen LogP contribution is 2.10. The van der Waals surface area contributed by atoms with Gasteiger partial charge in [-0.15, -0.1) is 0 Å². The van der Waals surface area contributed by atoms with E-state index in [1.165, 1.54) is 0 Å². The van der Waals surface area contributed by atoms with Gasteiger partial charge >= 0.3 is 5.97 Å². The van der Waals surface area contributed by atoms with Crippen LogP contribution in [0.3, 0.4) is 0 Å². The fourth-order valence-corrected chi connectivity index (χ4v) is 1.47. The molecule has 5 nitrogen and oxygen atoms in total. The highest BCUT2D eigenvalue weighted by Gasteiger charge is 2.17. The molecule has 0 saturated carbocycles. The molecule has 1 atom stereocenters. The van der Waals surface area contributed by atoms with E-state index in [9.17, 15) is 9.59 Å². The summed E-state index contributed by atoms with van der Waals surface area (Å²) in [5, 5.41) is 11.1. The standard InChI is InChI=1S/C11H22N2O3/c1-8(2)6-9(7-12)11(16)13-5-3-4-10(14)15/h8-9H,3-7,12H2,1-2H3,(H,13,16)(H,14,15). The van der Waals surface area contributed by atoms with Crippen molar-refractivity contribution in [3.63, 3.8) is 0 Å². The number of hydrogen-bond acceptors (Lipinski definition) is 3. The Morgan fingerprint density at radius 3 is 2.44 bits per heavy atom. The molecule has 0 aromatic carbocycles. The second-order valence-electron chi connectivity index (χ2n) is 4.35. The largest absolute Gasteiger partial charge is 0.481 e. The van der Waals surface area contributed by atoms with Gasteiger partial charge in [0.05, 0.1) is 5.92 Å². The van der Waals surface area contributed by atoms with Gasteiger partial charge in [0.25, 0.3) is 0 Å². The number of aliphatic carboxylic acids is 1. The number of carbonyl (C=O) groups excluding carboxylic acids is 1. The van der Waals surface area contributed by atoms with Gasteiger partial charge in [-0.25, -0.2) is 0 Å². The van der Waals surface area contributed by atoms with Gasteiger partial charge in [0, 0.05) is 19.5 Å². The summed E-state index contributed by atoms with van der Waals surface area (Å²) in [4.78, 5) is 21.9. The van der Waals surface area contributed by atoms with Gasteiger partial charge in [-0.2, -0.15) is 0 Å². The monoisotopic (exact) mass is 230 g/mol. The molecule has 0 radical (unpaired) electrons. The van der Waals surface area contributed by atoms with Gasteiger partial charge < -0.3 is 16.2 Å². The summed E-state index contributed by atoms with van der Waals surface area (Å²) in [6.45, 7) is 4.82. The van der Waals surface area contributed by atoms with Crippen LogP contribution in [0.2, 0.25) is 0 Å². The molecule has 0 heterocycles. The lowest BCUT2D eigenvalue weighted by Gasteiger charge is -2.16. The Bertz CT molecular complexity index is 229. The van der Waals surface area contributed by atoms with Crippen LogP contribution in [0.5, 0.6) is 0 Å². The maximum atomic E-state index is 11.6. The van der Waals surface area contributed by atoms with Crippen molar-refractivity contribution in [2.45, 2.75) is 33.1 Å². The van der Waals surface area contributed by atoms with E-state index in [0.717, 1.165) is 6.42 Å². The second kappa shape index (κ2) is 8.10. The predicted molar refractivity (Wildman–Crippen MR) is 61.9 cm³/mol. The molecule has 0 aliphatic rings. The predicted octanol–water partition coefficient (Wildman–Crippen LogP) is 0.588. The van der Waals surface area contributed by atoms with Crippen LogP contribution < -0.4 is 11.1 Å². The number of hydrogen-bond donors (Lipinski definition) is 3. The molecular weight excluding hydrogens is 208 g/mol. The Morgan fingerprint density at radius 1 is 1.38 bits per heavy atom. The first-order valence-electron chi connectivity index (χ1n) is 5.67. The maximum Gasteiger partial charge on any atom is 0.303 e. The van der Waals surface area contributed by atoms with Crippen molar-refractivity contribution in [1.82, 2.24) is 5.32 Å². The number of rotatable bonds is 8. The molecule has 0 aliphatic heterocycles. The summed E-state index contributed by atoms with van der Waals surface area (Å²) in [7, 11) is 0. The van der Waals surface area contributed by atoms with E-state index < -0.39 is 5.97 Å². The van der Waals surface area contributed by atoms with Crippen molar-refractivity contribution in [3.8, 4) is 0 Å². The average Bonchev–Trinajstić information content (AvgIpc) is 2.20. The molecule has 0 aromatic rings. The van der Waals surface area contributed by atoms with Gasteiger partial charge in [-0.3, -0.25) is 9.59 Å². The van der Waals surface area contributed by atoms with Crippen molar-refractivity contribution in [2.24, 2.45) is 17.6 Å². The molecule has 0 aliphatic carbocycles. The molecule has 16 heavy (non-hydrogen) atoms. The minimum Gasteiger partial charge on any atom is -0.481 e. The van der Waals surface area contributed by atoms with Crippen LogP contribution in [0.25, 0.3) is 0 Å². The zero-order chi connectivity index (χ0) is 12.6. The molecular formula is C11H22N2O3. The molecule has 1 unspecified atom stereocenters. The van der Waals surface area contributed by atoms with Crippen molar-refractivity contribution in [2.75, 3.05) is 13.1 Å². The topological polar surface area (TPSA) is 92.4 Å². The number of nitrogens with one attached hydrogen (secondary N) is 1. The number of carboxylic acid groups (broad SMARTS) is 1. The van der Waals surface area contributed by atoms with Gasteiger partial charge in [-0.1, -0.05) is 13.8 Å². The summed E-state index contributed by atoms with van der Waals surface area (Å²) in [6, 6.07) is 0. The fourth-order valence-electron chi connectivity index (χ4n) is 1.47. The summed E-state index contributed by atoms with van der Waals surface area (Å²) in [6.07, 6.45) is 1.30. The SMILES string of the molecule is CC(C)CC(CN)C(=O)NCCCC(=O)O. The van der Waals surface area contributed by atoms with Crippen molar-refractivity contribution >= 4 is 11.9 Å². The Balaban J connectivity index is 3.79. The summed E-state index contributed by atoms with van der Waals surface area (Å²) < 4.78 is 0. The van der Waals surface area contributed by atoms with Gasteiger partial charge in [0.15, 0.2) is 0 Å². The Hall–Kier alpha value is -1.10. The first kappa shape index (κ1) is 14.9. The van der Waals surface area contributed by atoms with E-state index in [1.807, 2.05) is 13.8 Å². The third-order valence-electron chi connectivity index (χ3n) is 2.28. The molecule has 0 saturated heterocycles. The smallest absolute Gasteiger partial charge is 0.303 e. The van der Waals surface area contributed by atoms with E-state index in [2.05, 4.69) is 5.32 Å². The van der Waals surface area contributed by atoms with Gasteiger partial charge in [0.1, 0.15) is 0 Å². The molecule has 5 heteroatoms. The van der Waals surface area contributed by atoms with E-state index in [0.29, 0.717) is 25.4 Å². The normalized spacial score (nSPS) is 12.5. The highest BCUT2D eigenvalue weighted by atomic mass is 16.4.